The largest absolute Gasteiger partial charge is 0.321 e. The van der Waals surface area contributed by atoms with Crippen LogP contribution in [-0.4, -0.2) is 31.9 Å². The number of aliphatic imine (C=N–C) groups is 1. The summed E-state index contributed by atoms with van der Waals surface area (Å²) < 4.78 is 15.4. The number of carbonyl (C=O) groups is 1. The summed E-state index contributed by atoms with van der Waals surface area (Å²) in [6.07, 6.45) is 10.2. The Kier molecular flexibility index (Phi) is 5.74. The van der Waals surface area contributed by atoms with Crippen molar-refractivity contribution in [1.29, 1.82) is 0 Å². The van der Waals surface area contributed by atoms with Crippen LogP contribution in [0.15, 0.2) is 65.8 Å². The van der Waals surface area contributed by atoms with Gasteiger partial charge in [-0.2, -0.15) is 0 Å². The minimum absolute atomic E-state index is 0.244. The monoisotopic (exact) mass is 404 g/mol. The molecule has 1 amide bonds. The van der Waals surface area contributed by atoms with E-state index in [9.17, 15) is 9.18 Å². The molecule has 1 aliphatic carbocycles. The molecule has 1 aliphatic rings. The van der Waals surface area contributed by atoms with Crippen molar-refractivity contribution in [1.82, 2.24) is 19.7 Å². The van der Waals surface area contributed by atoms with Gasteiger partial charge in [-0.25, -0.2) is 4.39 Å². The summed E-state index contributed by atoms with van der Waals surface area (Å²) in [6, 6.07) is 9.32. The number of aromatic nitrogens is 4. The molecule has 7 nitrogen and oxygen atoms in total. The minimum atomic E-state index is -0.415. The average Bonchev–Trinajstić information content (AvgIpc) is 3.47. The fourth-order valence-corrected chi connectivity index (χ4v) is 3.13. The smallest absolute Gasteiger partial charge is 0.273 e. The van der Waals surface area contributed by atoms with Crippen LogP contribution in [0.5, 0.6) is 0 Å². The fraction of sp³-hybridized carbons (Fsp3) is 0.227. The maximum Gasteiger partial charge on any atom is 0.273 e. The maximum atomic E-state index is 13.3. The Bertz CT molecular complexity index is 1120. The number of nitrogens with zero attached hydrogens (tertiary/aromatic N) is 5. The van der Waals surface area contributed by atoms with Crippen molar-refractivity contribution in [3.05, 3.63) is 72.2 Å². The second-order valence-electron chi connectivity index (χ2n) is 7.02. The van der Waals surface area contributed by atoms with Crippen LogP contribution in [0, 0.1) is 5.82 Å². The molecule has 0 bridgehead atoms. The van der Waals surface area contributed by atoms with Gasteiger partial charge in [-0.15, -0.1) is 10.2 Å². The summed E-state index contributed by atoms with van der Waals surface area (Å²) in [7, 11) is 0. The average molecular weight is 404 g/mol. The van der Waals surface area contributed by atoms with Crippen molar-refractivity contribution in [2.45, 2.75) is 32.2 Å². The highest BCUT2D eigenvalue weighted by atomic mass is 19.1. The van der Waals surface area contributed by atoms with Crippen molar-refractivity contribution >= 4 is 17.8 Å². The molecule has 30 heavy (non-hydrogen) atoms. The quantitative estimate of drug-likeness (QED) is 0.477. The van der Waals surface area contributed by atoms with Crippen LogP contribution in [0.4, 0.5) is 10.1 Å². The molecule has 0 spiro atoms. The summed E-state index contributed by atoms with van der Waals surface area (Å²) in [5.41, 5.74) is 2.42. The van der Waals surface area contributed by atoms with Crippen molar-refractivity contribution in [2.24, 2.45) is 4.99 Å². The molecule has 0 saturated heterocycles. The molecule has 0 atom stereocenters. The molecule has 2 aromatic heterocycles. The first-order valence-electron chi connectivity index (χ1n) is 9.73. The first-order chi connectivity index (χ1) is 14.6. The fourth-order valence-electron chi connectivity index (χ4n) is 3.13. The predicted octanol–water partition coefficient (Wildman–Crippen LogP) is 3.97. The molecule has 0 radical (unpaired) electrons. The van der Waals surface area contributed by atoms with Crippen LogP contribution in [0.2, 0.25) is 0 Å². The maximum absolute atomic E-state index is 13.3. The Morgan fingerprint density at radius 2 is 2.20 bits per heavy atom. The van der Waals surface area contributed by atoms with Gasteiger partial charge in [-0.1, -0.05) is 12.1 Å². The lowest BCUT2D eigenvalue weighted by Gasteiger charge is -2.09. The van der Waals surface area contributed by atoms with Crippen molar-refractivity contribution in [3.8, 4) is 11.4 Å². The van der Waals surface area contributed by atoms with E-state index in [1.807, 2.05) is 24.3 Å². The van der Waals surface area contributed by atoms with Gasteiger partial charge in [0.1, 0.15) is 17.8 Å². The zero-order valence-corrected chi connectivity index (χ0v) is 16.5. The highest BCUT2D eigenvalue weighted by Crippen LogP contribution is 2.37. The summed E-state index contributed by atoms with van der Waals surface area (Å²) in [6.45, 7) is 1.73. The number of carbonyl (C=O) groups excluding carboxylic acids is 1. The SMILES string of the molecule is C/C=N\C(=C/Cc1cncc(F)c1)C(=O)Nc1cccc(-c2nncn2C2CC2)c1. The number of pyridine rings is 1. The number of allylic oxidation sites excluding steroid dienone is 1. The van der Waals surface area contributed by atoms with Crippen LogP contribution in [0.3, 0.4) is 0 Å². The molecule has 1 aromatic carbocycles. The molecule has 1 fully saturated rings. The van der Waals surface area contributed by atoms with E-state index in [4.69, 9.17) is 0 Å². The van der Waals surface area contributed by atoms with E-state index in [2.05, 4.69) is 30.1 Å². The number of anilines is 1. The summed E-state index contributed by atoms with van der Waals surface area (Å²) in [5, 5.41) is 11.1. The van der Waals surface area contributed by atoms with Gasteiger partial charge in [0.25, 0.3) is 5.91 Å². The standard InChI is InChI=1S/C22H21FN6O/c1-2-25-20(9-6-15-10-17(23)13-24-12-15)22(30)27-18-5-3-4-16(11-18)21-28-26-14-29(21)19-7-8-19/h2-5,9-14,19H,6-8H2,1H3,(H,27,30)/b20-9-,25-2-. The molecular weight excluding hydrogens is 383 g/mol. The lowest BCUT2D eigenvalue weighted by atomic mass is 10.1. The normalized spacial score (nSPS) is 14.3. The van der Waals surface area contributed by atoms with Crippen LogP contribution < -0.4 is 5.32 Å². The van der Waals surface area contributed by atoms with E-state index >= 15 is 0 Å². The third-order valence-corrected chi connectivity index (χ3v) is 4.69. The topological polar surface area (TPSA) is 85.1 Å². The number of nitrogens with one attached hydrogen (secondary N) is 1. The number of hydrogen-bond donors (Lipinski definition) is 1. The molecule has 3 aromatic rings. The molecule has 4 rings (SSSR count). The highest BCUT2D eigenvalue weighted by Gasteiger charge is 2.26. The number of benzene rings is 1. The van der Waals surface area contributed by atoms with E-state index in [1.54, 1.807) is 31.7 Å². The molecule has 1 saturated carbocycles. The first kappa shape index (κ1) is 19.6. The second-order valence-corrected chi connectivity index (χ2v) is 7.02. The molecule has 8 heteroatoms. The van der Waals surface area contributed by atoms with Crippen molar-refractivity contribution in [3.63, 3.8) is 0 Å². The van der Waals surface area contributed by atoms with Gasteiger partial charge < -0.3 is 9.88 Å². The van der Waals surface area contributed by atoms with Gasteiger partial charge in [0, 0.05) is 29.7 Å². The summed E-state index contributed by atoms with van der Waals surface area (Å²) in [5.74, 6) is 0.0228. The van der Waals surface area contributed by atoms with Gasteiger partial charge >= 0.3 is 0 Å². The minimum Gasteiger partial charge on any atom is -0.321 e. The first-order valence-corrected chi connectivity index (χ1v) is 9.73. The Labute approximate surface area is 173 Å². The third-order valence-electron chi connectivity index (χ3n) is 4.69. The van der Waals surface area contributed by atoms with Crippen LogP contribution >= 0.6 is 0 Å². The number of hydrogen-bond acceptors (Lipinski definition) is 5. The van der Waals surface area contributed by atoms with Crippen molar-refractivity contribution in [2.75, 3.05) is 5.32 Å². The summed E-state index contributed by atoms with van der Waals surface area (Å²) >= 11 is 0. The molecule has 2 heterocycles. The predicted molar refractivity (Wildman–Crippen MR) is 113 cm³/mol. The summed E-state index contributed by atoms with van der Waals surface area (Å²) in [4.78, 5) is 20.7. The van der Waals surface area contributed by atoms with Gasteiger partial charge in [0.2, 0.25) is 0 Å². The van der Waals surface area contributed by atoms with Crippen LogP contribution in [0.25, 0.3) is 11.4 Å². The van der Waals surface area contributed by atoms with E-state index in [1.165, 1.54) is 6.07 Å². The zero-order chi connectivity index (χ0) is 20.9. The van der Waals surface area contributed by atoms with Gasteiger partial charge in [-0.3, -0.25) is 14.8 Å². The number of rotatable bonds is 7. The van der Waals surface area contributed by atoms with Crippen molar-refractivity contribution < 1.29 is 9.18 Å². The second kappa shape index (κ2) is 8.77. The van der Waals surface area contributed by atoms with E-state index in [0.29, 0.717) is 23.7 Å². The zero-order valence-electron chi connectivity index (χ0n) is 16.5. The molecular formula is C22H21FN6O. The number of halogens is 1. The van der Waals surface area contributed by atoms with Gasteiger partial charge in [-0.05, 0) is 56.0 Å². The molecule has 152 valence electrons. The van der Waals surface area contributed by atoms with Gasteiger partial charge in [0.05, 0.1) is 6.20 Å². The molecule has 1 N–H and O–H groups in total. The Hall–Kier alpha value is -3.68. The van der Waals surface area contributed by atoms with E-state index in [-0.39, 0.29) is 11.6 Å². The van der Waals surface area contributed by atoms with Gasteiger partial charge in [0.15, 0.2) is 5.82 Å². The lowest BCUT2D eigenvalue weighted by Crippen LogP contribution is -2.14. The molecule has 0 aliphatic heterocycles. The van der Waals surface area contributed by atoms with E-state index < -0.39 is 5.82 Å². The Morgan fingerprint density at radius 1 is 1.33 bits per heavy atom. The highest BCUT2D eigenvalue weighted by molar-refractivity contribution is 6.04. The van der Waals surface area contributed by atoms with E-state index in [0.717, 1.165) is 30.4 Å². The van der Waals surface area contributed by atoms with Crippen LogP contribution in [-0.2, 0) is 11.2 Å². The van der Waals surface area contributed by atoms with Crippen LogP contribution in [0.1, 0.15) is 31.4 Å². The lowest BCUT2D eigenvalue weighted by molar-refractivity contribution is -0.112. The Balaban J connectivity index is 1.51. The third kappa shape index (κ3) is 4.65. The number of amides is 1. The Morgan fingerprint density at radius 3 is 2.97 bits per heavy atom. The molecule has 0 unspecified atom stereocenters.